The smallest absolute Gasteiger partial charge is 0.397 e. The maximum Gasteiger partial charge on any atom is 0.397 e. The molecule has 2 aliphatic rings. The van der Waals surface area contributed by atoms with Gasteiger partial charge in [-0.1, -0.05) is 0 Å². The lowest BCUT2D eigenvalue weighted by Gasteiger charge is -2.20. The summed E-state index contributed by atoms with van der Waals surface area (Å²) < 4.78 is 43.7. The Morgan fingerprint density at radius 3 is 2.15 bits per heavy atom. The normalized spacial score (nSPS) is 21.1. The molecule has 1 saturated carbocycles. The molecule has 0 aromatic heterocycles. The molecule has 20 heavy (non-hydrogen) atoms. The predicted octanol–water partition coefficient (Wildman–Crippen LogP) is 4.01. The third kappa shape index (κ3) is 2.58. The molecule has 0 radical (unpaired) electrons. The average molecular weight is 285 g/mol. The van der Waals surface area contributed by atoms with Crippen molar-refractivity contribution in [3.05, 3.63) is 24.3 Å². The molecule has 1 heterocycles. The Morgan fingerprint density at radius 1 is 1.05 bits per heavy atom. The highest BCUT2D eigenvalue weighted by atomic mass is 19.4. The number of hydrogen-bond donors (Lipinski definition) is 0. The monoisotopic (exact) mass is 285 g/mol. The summed E-state index contributed by atoms with van der Waals surface area (Å²) in [5, 5.41) is 0. The number of alkyl halides is 3. The van der Waals surface area contributed by atoms with Gasteiger partial charge in [0.2, 0.25) is 0 Å². The summed E-state index contributed by atoms with van der Waals surface area (Å²) >= 11 is 0. The number of halogens is 3. The van der Waals surface area contributed by atoms with Gasteiger partial charge in [-0.3, -0.25) is 0 Å². The Morgan fingerprint density at radius 2 is 1.65 bits per heavy atom. The Kier molecular flexibility index (Phi) is 3.30. The largest absolute Gasteiger partial charge is 0.493 e. The molecule has 1 aromatic carbocycles. The molecule has 0 amide bonds. The number of rotatable bonds is 4. The van der Waals surface area contributed by atoms with E-state index < -0.39 is 11.6 Å². The standard InChI is InChI=1S/C15H18F3NO/c16-15(17,18)14(7-8-14)11-20-13-5-3-12(4-6-13)19-9-1-2-10-19/h3-6H,1-2,7-11H2. The van der Waals surface area contributed by atoms with Crippen molar-refractivity contribution in [1.82, 2.24) is 0 Å². The Bertz CT molecular complexity index is 459. The van der Waals surface area contributed by atoms with Crippen LogP contribution in [0, 0.1) is 5.41 Å². The second-order valence-corrected chi connectivity index (χ2v) is 5.75. The van der Waals surface area contributed by atoms with E-state index in [4.69, 9.17) is 4.74 Å². The van der Waals surface area contributed by atoms with Gasteiger partial charge in [0.05, 0.1) is 0 Å². The van der Waals surface area contributed by atoms with Gasteiger partial charge in [-0.05, 0) is 49.9 Å². The zero-order chi connectivity index (χ0) is 14.2. The lowest BCUT2D eigenvalue weighted by Crippen LogP contribution is -2.30. The van der Waals surface area contributed by atoms with Crippen molar-refractivity contribution in [1.29, 1.82) is 0 Å². The third-order valence-electron chi connectivity index (χ3n) is 4.28. The minimum absolute atomic E-state index is 0.183. The average Bonchev–Trinajstić information content (AvgIpc) is 3.03. The van der Waals surface area contributed by atoms with E-state index in [9.17, 15) is 13.2 Å². The Labute approximate surface area is 116 Å². The first-order chi connectivity index (χ1) is 9.50. The molecule has 5 heteroatoms. The highest BCUT2D eigenvalue weighted by Crippen LogP contribution is 2.57. The van der Waals surface area contributed by atoms with Gasteiger partial charge >= 0.3 is 6.18 Å². The van der Waals surface area contributed by atoms with Crippen LogP contribution in [0.5, 0.6) is 5.75 Å². The van der Waals surface area contributed by atoms with Gasteiger partial charge in [-0.25, -0.2) is 0 Å². The summed E-state index contributed by atoms with van der Waals surface area (Å²) in [7, 11) is 0. The van der Waals surface area contributed by atoms with E-state index >= 15 is 0 Å². The van der Waals surface area contributed by atoms with Crippen molar-refractivity contribution < 1.29 is 17.9 Å². The zero-order valence-corrected chi connectivity index (χ0v) is 11.2. The molecule has 3 rings (SSSR count). The summed E-state index contributed by atoms with van der Waals surface area (Å²) in [5.74, 6) is 0.517. The molecule has 1 aliphatic heterocycles. The van der Waals surface area contributed by atoms with E-state index in [0.29, 0.717) is 5.75 Å². The molecule has 1 aromatic rings. The SMILES string of the molecule is FC(F)(F)C1(COc2ccc(N3CCCC3)cc2)CC1. The van der Waals surface area contributed by atoms with Crippen LogP contribution < -0.4 is 9.64 Å². The van der Waals surface area contributed by atoms with Crippen LogP contribution in [-0.2, 0) is 0 Å². The lowest BCUT2D eigenvalue weighted by molar-refractivity contribution is -0.194. The fraction of sp³-hybridized carbons (Fsp3) is 0.600. The van der Waals surface area contributed by atoms with Crippen molar-refractivity contribution in [2.24, 2.45) is 5.41 Å². The Balaban J connectivity index is 1.59. The number of anilines is 1. The quantitative estimate of drug-likeness (QED) is 0.829. The fourth-order valence-electron chi connectivity index (χ4n) is 2.61. The van der Waals surface area contributed by atoms with Gasteiger partial charge < -0.3 is 9.64 Å². The maximum atomic E-state index is 12.8. The van der Waals surface area contributed by atoms with Crippen LogP contribution in [0.2, 0.25) is 0 Å². The second kappa shape index (κ2) is 4.86. The molecule has 0 atom stereocenters. The van der Waals surface area contributed by atoms with Gasteiger partial charge in [-0.2, -0.15) is 13.2 Å². The molecule has 0 unspecified atom stereocenters. The summed E-state index contributed by atoms with van der Waals surface area (Å²) in [6.45, 7) is 1.84. The first kappa shape index (κ1) is 13.6. The Hall–Kier alpha value is -1.39. The van der Waals surface area contributed by atoms with Gasteiger partial charge in [0.25, 0.3) is 0 Å². The molecular formula is C15H18F3NO. The summed E-state index contributed by atoms with van der Waals surface area (Å²) in [6, 6.07) is 7.38. The van der Waals surface area contributed by atoms with E-state index in [1.807, 2.05) is 12.1 Å². The van der Waals surface area contributed by atoms with E-state index in [2.05, 4.69) is 4.90 Å². The van der Waals surface area contributed by atoms with Crippen molar-refractivity contribution >= 4 is 5.69 Å². The highest BCUT2D eigenvalue weighted by Gasteiger charge is 2.63. The zero-order valence-electron chi connectivity index (χ0n) is 11.2. The molecule has 1 saturated heterocycles. The van der Waals surface area contributed by atoms with Crippen LogP contribution in [0.4, 0.5) is 18.9 Å². The summed E-state index contributed by atoms with van der Waals surface area (Å²) in [6.07, 6.45) is -1.38. The number of ether oxygens (including phenoxy) is 1. The van der Waals surface area contributed by atoms with Crippen molar-refractivity contribution in [3.63, 3.8) is 0 Å². The number of benzene rings is 1. The van der Waals surface area contributed by atoms with Crippen molar-refractivity contribution in [2.75, 3.05) is 24.6 Å². The van der Waals surface area contributed by atoms with Crippen LogP contribution in [0.15, 0.2) is 24.3 Å². The predicted molar refractivity (Wildman–Crippen MR) is 71.1 cm³/mol. The molecule has 110 valence electrons. The fourth-order valence-corrected chi connectivity index (χ4v) is 2.61. The second-order valence-electron chi connectivity index (χ2n) is 5.75. The van der Waals surface area contributed by atoms with E-state index in [1.165, 1.54) is 12.8 Å². The first-order valence-corrected chi connectivity index (χ1v) is 7.05. The molecular weight excluding hydrogens is 267 g/mol. The molecule has 2 fully saturated rings. The summed E-state index contributed by atoms with van der Waals surface area (Å²) in [5.41, 5.74) is -0.479. The molecule has 0 bridgehead atoms. The summed E-state index contributed by atoms with van der Waals surface area (Å²) in [4.78, 5) is 2.28. The van der Waals surface area contributed by atoms with Crippen LogP contribution in [0.1, 0.15) is 25.7 Å². The van der Waals surface area contributed by atoms with Crippen LogP contribution in [0.3, 0.4) is 0 Å². The van der Waals surface area contributed by atoms with Crippen molar-refractivity contribution in [3.8, 4) is 5.75 Å². The maximum absolute atomic E-state index is 12.8. The lowest BCUT2D eigenvalue weighted by atomic mass is 10.1. The van der Waals surface area contributed by atoms with Crippen LogP contribution in [-0.4, -0.2) is 25.9 Å². The topological polar surface area (TPSA) is 12.5 Å². The third-order valence-corrected chi connectivity index (χ3v) is 4.28. The van der Waals surface area contributed by atoms with Gasteiger partial charge in [0.15, 0.2) is 0 Å². The van der Waals surface area contributed by atoms with Gasteiger partial charge in [-0.15, -0.1) is 0 Å². The van der Waals surface area contributed by atoms with Crippen LogP contribution in [0.25, 0.3) is 0 Å². The van der Waals surface area contributed by atoms with E-state index in [-0.39, 0.29) is 19.4 Å². The van der Waals surface area contributed by atoms with Gasteiger partial charge in [0.1, 0.15) is 17.8 Å². The number of hydrogen-bond acceptors (Lipinski definition) is 2. The molecule has 0 spiro atoms. The van der Waals surface area contributed by atoms with Crippen molar-refractivity contribution in [2.45, 2.75) is 31.9 Å². The molecule has 2 nitrogen and oxygen atoms in total. The van der Waals surface area contributed by atoms with Gasteiger partial charge in [0, 0.05) is 18.8 Å². The highest BCUT2D eigenvalue weighted by molar-refractivity contribution is 5.49. The molecule has 1 aliphatic carbocycles. The first-order valence-electron chi connectivity index (χ1n) is 7.05. The van der Waals surface area contributed by atoms with Crippen LogP contribution >= 0.6 is 0 Å². The number of nitrogens with zero attached hydrogens (tertiary/aromatic N) is 1. The molecule has 0 N–H and O–H groups in total. The van der Waals surface area contributed by atoms with E-state index in [1.54, 1.807) is 12.1 Å². The minimum Gasteiger partial charge on any atom is -0.493 e. The minimum atomic E-state index is -4.15. The van der Waals surface area contributed by atoms with E-state index in [0.717, 1.165) is 18.8 Å².